The molecule has 0 bridgehead atoms. The Labute approximate surface area is 142 Å². The van der Waals surface area contributed by atoms with E-state index in [4.69, 9.17) is 9.47 Å². The highest BCUT2D eigenvalue weighted by Gasteiger charge is 2.49. The number of hydrogen-bond donors (Lipinski definition) is 1. The largest absolute Gasteiger partial charge is 0.492 e. The molecule has 1 heterocycles. The number of alkyl halides is 1. The quantitative estimate of drug-likeness (QED) is 0.718. The zero-order valence-corrected chi connectivity index (χ0v) is 13.7. The van der Waals surface area contributed by atoms with E-state index in [0.29, 0.717) is 13.2 Å². The highest BCUT2D eigenvalue weighted by atomic mass is 19.1. The number of allylic oxidation sites excluding steroid dienone is 2. The minimum atomic E-state index is -2.62. The van der Waals surface area contributed by atoms with Crippen molar-refractivity contribution >= 4 is 5.91 Å². The summed E-state index contributed by atoms with van der Waals surface area (Å²) in [7, 11) is 1.26. The van der Waals surface area contributed by atoms with Gasteiger partial charge in [0.15, 0.2) is 5.75 Å². The van der Waals surface area contributed by atoms with Crippen LogP contribution >= 0.6 is 0 Å². The third-order valence-electron chi connectivity index (χ3n) is 4.57. The second kappa shape index (κ2) is 6.53. The molecule has 1 amide bonds. The lowest BCUT2D eigenvalue weighted by atomic mass is 9.83. The van der Waals surface area contributed by atoms with Crippen LogP contribution < -0.4 is 15.6 Å². The van der Waals surface area contributed by atoms with Gasteiger partial charge in [0.1, 0.15) is 6.10 Å². The molecular formula is C17H18FNO6. The third-order valence-corrected chi connectivity index (χ3v) is 4.57. The molecule has 1 aromatic carbocycles. The van der Waals surface area contributed by atoms with Crippen molar-refractivity contribution in [1.82, 2.24) is 4.90 Å². The second-order valence-electron chi connectivity index (χ2n) is 6.02. The molecule has 1 aliphatic heterocycles. The topological polar surface area (TPSA) is 93.1 Å². The summed E-state index contributed by atoms with van der Waals surface area (Å²) >= 11 is 0. The Morgan fingerprint density at radius 2 is 2.08 bits per heavy atom. The van der Waals surface area contributed by atoms with Crippen LogP contribution in [0.5, 0.6) is 5.75 Å². The predicted octanol–water partition coefficient (Wildman–Crippen LogP) is -0.742. The lowest BCUT2D eigenvalue weighted by molar-refractivity contribution is -0.150. The lowest BCUT2D eigenvalue weighted by Crippen LogP contribution is -2.56. The van der Waals surface area contributed by atoms with E-state index in [1.807, 2.05) is 0 Å². The molecule has 1 N–H and O–H groups in total. The highest BCUT2D eigenvalue weighted by Crippen LogP contribution is 2.32. The fraction of sp³-hybridized carbons (Fsp3) is 0.471. The van der Waals surface area contributed by atoms with Crippen molar-refractivity contribution in [3.8, 4) is 5.75 Å². The number of hydrogen-bond acceptors (Lipinski definition) is 6. The Hall–Kier alpha value is -2.32. The predicted molar refractivity (Wildman–Crippen MR) is 86.1 cm³/mol. The van der Waals surface area contributed by atoms with Crippen LogP contribution in [0.3, 0.4) is 0 Å². The fourth-order valence-corrected chi connectivity index (χ4v) is 3.11. The van der Waals surface area contributed by atoms with Crippen LogP contribution in [0.15, 0.2) is 33.4 Å². The van der Waals surface area contributed by atoms with E-state index in [0.717, 1.165) is 6.08 Å². The summed E-state index contributed by atoms with van der Waals surface area (Å²) in [6, 6.07) is 0. The Morgan fingerprint density at radius 3 is 2.72 bits per heavy atom. The number of carbonyl (C=O) groups is 1. The van der Waals surface area contributed by atoms with Gasteiger partial charge in [-0.1, -0.05) is 12.2 Å². The molecule has 0 aromatic heterocycles. The van der Waals surface area contributed by atoms with Crippen LogP contribution in [0.25, 0.3) is 0 Å². The van der Waals surface area contributed by atoms with Crippen molar-refractivity contribution < 1.29 is 23.8 Å². The molecule has 1 saturated heterocycles. The standard InChI is InChI=1S/C17H18FNO6/c1-24-14-11(12(20)13(14)21)9-10-3-2-4-17(18,15(10)22)16(23)19-5-7-25-8-6-19/h2-4,15,22H,5-9H2,1H3. The number of aliphatic hydroxyl groups is 1. The first kappa shape index (κ1) is 17.5. The van der Waals surface area contributed by atoms with Gasteiger partial charge in [-0.3, -0.25) is 14.4 Å². The van der Waals surface area contributed by atoms with Crippen LogP contribution in [0, 0.1) is 0 Å². The van der Waals surface area contributed by atoms with E-state index in [1.165, 1.54) is 24.2 Å². The van der Waals surface area contributed by atoms with E-state index in [1.54, 1.807) is 0 Å². The number of carbonyl (C=O) groups excluding carboxylic acids is 1. The van der Waals surface area contributed by atoms with Gasteiger partial charge >= 0.3 is 0 Å². The number of morpholine rings is 1. The van der Waals surface area contributed by atoms with Crippen molar-refractivity contribution in [3.05, 3.63) is 49.8 Å². The maximum absolute atomic E-state index is 15.3. The minimum Gasteiger partial charge on any atom is -0.492 e. The van der Waals surface area contributed by atoms with Crippen molar-refractivity contribution in [2.24, 2.45) is 0 Å². The molecular weight excluding hydrogens is 333 g/mol. The van der Waals surface area contributed by atoms with Gasteiger partial charge in [-0.25, -0.2) is 4.39 Å². The molecule has 1 aliphatic carbocycles. The maximum atomic E-state index is 15.3. The van der Waals surface area contributed by atoms with Crippen LogP contribution in [-0.2, 0) is 16.0 Å². The summed E-state index contributed by atoms with van der Waals surface area (Å²) in [4.78, 5) is 36.9. The number of amides is 1. The summed E-state index contributed by atoms with van der Waals surface area (Å²) in [6.45, 7) is 1.11. The molecule has 1 fully saturated rings. The number of methoxy groups -OCH3 is 1. The molecule has 2 atom stereocenters. The monoisotopic (exact) mass is 351 g/mol. The lowest BCUT2D eigenvalue weighted by Gasteiger charge is -2.36. The van der Waals surface area contributed by atoms with Crippen molar-refractivity contribution in [3.63, 3.8) is 0 Å². The molecule has 2 aliphatic rings. The van der Waals surface area contributed by atoms with Gasteiger partial charge in [0.25, 0.3) is 11.3 Å². The SMILES string of the molecule is COc1c(CC2=CC=CC(F)(C(=O)N3CCOCC3)C2O)c(=O)c1=O. The van der Waals surface area contributed by atoms with Gasteiger partial charge in [-0.2, -0.15) is 0 Å². The smallest absolute Gasteiger partial charge is 0.268 e. The van der Waals surface area contributed by atoms with Gasteiger partial charge in [0, 0.05) is 19.5 Å². The normalized spacial score (nSPS) is 26.6. The zero-order valence-electron chi connectivity index (χ0n) is 13.7. The molecule has 8 heteroatoms. The summed E-state index contributed by atoms with van der Waals surface area (Å²) in [6.07, 6.45) is 1.88. The molecule has 1 aromatic rings. The number of ether oxygens (including phenoxy) is 2. The van der Waals surface area contributed by atoms with E-state index in [9.17, 15) is 19.5 Å². The minimum absolute atomic E-state index is 0.0780. The van der Waals surface area contributed by atoms with Crippen LogP contribution in [0.2, 0.25) is 0 Å². The highest BCUT2D eigenvalue weighted by molar-refractivity contribution is 5.89. The Kier molecular flexibility index (Phi) is 4.57. The average molecular weight is 351 g/mol. The fourth-order valence-electron chi connectivity index (χ4n) is 3.11. The van der Waals surface area contributed by atoms with Crippen LogP contribution in [0.1, 0.15) is 5.56 Å². The van der Waals surface area contributed by atoms with Gasteiger partial charge in [-0.05, 0) is 11.6 Å². The van der Waals surface area contributed by atoms with Gasteiger partial charge < -0.3 is 19.5 Å². The van der Waals surface area contributed by atoms with Crippen molar-refractivity contribution in [2.75, 3.05) is 33.4 Å². The molecule has 7 nitrogen and oxygen atoms in total. The first-order chi connectivity index (χ1) is 11.9. The van der Waals surface area contributed by atoms with Gasteiger partial charge in [0.05, 0.1) is 25.9 Å². The first-order valence-electron chi connectivity index (χ1n) is 7.88. The van der Waals surface area contributed by atoms with Gasteiger partial charge in [-0.15, -0.1) is 0 Å². The molecule has 3 rings (SSSR count). The Balaban J connectivity index is 1.82. The van der Waals surface area contributed by atoms with Crippen LogP contribution in [-0.4, -0.2) is 61.1 Å². The van der Waals surface area contributed by atoms with Crippen LogP contribution in [0.4, 0.5) is 4.39 Å². The molecule has 2 unspecified atom stereocenters. The summed E-state index contributed by atoms with van der Waals surface area (Å²) in [5.41, 5.74) is -3.86. The summed E-state index contributed by atoms with van der Waals surface area (Å²) in [5.74, 6) is -0.932. The number of halogens is 1. The van der Waals surface area contributed by atoms with E-state index >= 15 is 4.39 Å². The zero-order chi connectivity index (χ0) is 18.2. The number of nitrogens with zero attached hydrogens (tertiary/aromatic N) is 1. The van der Waals surface area contributed by atoms with Crippen molar-refractivity contribution in [2.45, 2.75) is 18.2 Å². The van der Waals surface area contributed by atoms with E-state index in [-0.39, 0.29) is 36.4 Å². The second-order valence-corrected chi connectivity index (χ2v) is 6.02. The average Bonchev–Trinajstić information content (AvgIpc) is 2.64. The first-order valence-corrected chi connectivity index (χ1v) is 7.88. The van der Waals surface area contributed by atoms with Gasteiger partial charge in [0.2, 0.25) is 11.1 Å². The number of rotatable bonds is 4. The van der Waals surface area contributed by atoms with Crippen molar-refractivity contribution in [1.29, 1.82) is 0 Å². The molecule has 0 saturated carbocycles. The van der Waals surface area contributed by atoms with E-state index in [2.05, 4.69) is 0 Å². The third kappa shape index (κ3) is 2.81. The molecule has 0 radical (unpaired) electrons. The molecule has 25 heavy (non-hydrogen) atoms. The van der Waals surface area contributed by atoms with E-state index < -0.39 is 28.5 Å². The summed E-state index contributed by atoms with van der Waals surface area (Å²) < 4.78 is 25.3. The Bertz CT molecular complexity index is 816. The number of aliphatic hydroxyl groups excluding tert-OH is 1. The summed E-state index contributed by atoms with van der Waals surface area (Å²) in [5, 5.41) is 10.4. The maximum Gasteiger partial charge on any atom is 0.268 e. The molecule has 0 spiro atoms. The Morgan fingerprint density at radius 1 is 1.40 bits per heavy atom. The molecule has 134 valence electrons.